The molecule has 1 N–H and O–H groups in total. The van der Waals surface area contributed by atoms with E-state index in [-0.39, 0.29) is 11.8 Å². The van der Waals surface area contributed by atoms with Crippen LogP contribution in [0.1, 0.15) is 38.1 Å². The molecular weight excluding hydrogens is 378 g/mol. The van der Waals surface area contributed by atoms with Crippen LogP contribution in [0.25, 0.3) is 0 Å². The molecule has 162 valence electrons. The summed E-state index contributed by atoms with van der Waals surface area (Å²) in [5.74, 6) is 2.47. The number of hydrogen-bond donors (Lipinski definition) is 1. The van der Waals surface area contributed by atoms with Gasteiger partial charge in [-0.1, -0.05) is 39.0 Å². The fourth-order valence-electron chi connectivity index (χ4n) is 3.42. The van der Waals surface area contributed by atoms with Crippen LogP contribution in [0.5, 0.6) is 0 Å². The maximum atomic E-state index is 12.5. The van der Waals surface area contributed by atoms with E-state index in [1.54, 1.807) is 0 Å². The predicted molar refractivity (Wildman–Crippen MR) is 121 cm³/mol. The largest absolute Gasteiger partial charge is 0.347 e. The lowest BCUT2D eigenvalue weighted by Gasteiger charge is -2.34. The summed E-state index contributed by atoms with van der Waals surface area (Å²) < 4.78 is 0. The number of para-hydroxylation sites is 1. The van der Waals surface area contributed by atoms with Crippen molar-refractivity contribution in [1.82, 2.24) is 19.9 Å². The molecule has 30 heavy (non-hydrogen) atoms. The van der Waals surface area contributed by atoms with Crippen molar-refractivity contribution in [2.75, 3.05) is 61.9 Å². The third-order valence-corrected chi connectivity index (χ3v) is 5.24. The van der Waals surface area contributed by atoms with Crippen molar-refractivity contribution in [3.05, 3.63) is 35.7 Å². The Balaban J connectivity index is 1.59. The van der Waals surface area contributed by atoms with E-state index in [4.69, 9.17) is 0 Å². The van der Waals surface area contributed by atoms with E-state index in [2.05, 4.69) is 56.9 Å². The van der Waals surface area contributed by atoms with Crippen LogP contribution < -0.4 is 15.1 Å². The monoisotopic (exact) mass is 411 g/mol. The van der Waals surface area contributed by atoms with Crippen LogP contribution in [0.15, 0.2) is 24.3 Å². The Bertz CT molecular complexity index is 834. The summed E-state index contributed by atoms with van der Waals surface area (Å²) in [6.07, 6.45) is 0.897. The van der Waals surface area contributed by atoms with Gasteiger partial charge in [0.25, 0.3) is 0 Å². The number of benzene rings is 1. The van der Waals surface area contributed by atoms with Gasteiger partial charge in [0.05, 0.1) is 6.54 Å². The minimum atomic E-state index is 0.0292. The third kappa shape index (κ3) is 5.44. The summed E-state index contributed by atoms with van der Waals surface area (Å²) >= 11 is 0. The topological polar surface area (TPSA) is 77.5 Å². The molecule has 1 aliphatic rings. The molecule has 1 fully saturated rings. The highest BCUT2D eigenvalue weighted by molar-refractivity contribution is 5.93. The zero-order chi connectivity index (χ0) is 21.7. The molecule has 1 aromatic carbocycles. The van der Waals surface area contributed by atoms with Gasteiger partial charge in [-0.3, -0.25) is 9.69 Å². The zero-order valence-electron chi connectivity index (χ0n) is 18.7. The molecule has 0 radical (unpaired) electrons. The number of carbonyl (C=O) groups excluding carboxylic acids is 1. The molecule has 1 amide bonds. The number of amides is 1. The molecule has 0 aliphatic carbocycles. The van der Waals surface area contributed by atoms with E-state index >= 15 is 0 Å². The Hall–Kier alpha value is -2.74. The van der Waals surface area contributed by atoms with Crippen molar-refractivity contribution >= 4 is 23.5 Å². The summed E-state index contributed by atoms with van der Waals surface area (Å²) in [4.78, 5) is 32.7. The van der Waals surface area contributed by atoms with Crippen LogP contribution in [-0.2, 0) is 11.2 Å². The van der Waals surface area contributed by atoms with Gasteiger partial charge in [0.2, 0.25) is 17.8 Å². The van der Waals surface area contributed by atoms with Crippen LogP contribution in [0.2, 0.25) is 0 Å². The van der Waals surface area contributed by atoms with E-state index in [0.717, 1.165) is 55.6 Å². The number of rotatable bonds is 7. The van der Waals surface area contributed by atoms with Crippen molar-refractivity contribution in [3.8, 4) is 0 Å². The Morgan fingerprint density at radius 1 is 1.10 bits per heavy atom. The molecule has 1 saturated heterocycles. The molecule has 0 bridgehead atoms. The summed E-state index contributed by atoms with van der Waals surface area (Å²) in [7, 11) is 3.88. The summed E-state index contributed by atoms with van der Waals surface area (Å²) in [5, 5.41) is 3.06. The Morgan fingerprint density at radius 2 is 1.80 bits per heavy atom. The van der Waals surface area contributed by atoms with Gasteiger partial charge in [0.15, 0.2) is 0 Å². The van der Waals surface area contributed by atoms with Gasteiger partial charge < -0.3 is 15.1 Å². The summed E-state index contributed by atoms with van der Waals surface area (Å²) in [6, 6.07) is 7.97. The molecule has 1 aromatic heterocycles. The fourth-order valence-corrected chi connectivity index (χ4v) is 3.42. The van der Waals surface area contributed by atoms with Crippen LogP contribution in [0.4, 0.5) is 17.6 Å². The van der Waals surface area contributed by atoms with E-state index in [1.807, 2.05) is 37.2 Å². The predicted octanol–water partition coefficient (Wildman–Crippen LogP) is 2.38. The second-order valence-electron chi connectivity index (χ2n) is 8.16. The summed E-state index contributed by atoms with van der Waals surface area (Å²) in [6.45, 7) is 9.82. The normalized spacial score (nSPS) is 14.8. The zero-order valence-corrected chi connectivity index (χ0v) is 18.7. The number of piperazine rings is 1. The molecule has 3 rings (SSSR count). The van der Waals surface area contributed by atoms with Gasteiger partial charge in [-0.15, -0.1) is 0 Å². The van der Waals surface area contributed by atoms with Gasteiger partial charge in [0, 0.05) is 51.9 Å². The number of aromatic nitrogens is 3. The number of hydrogen-bond acceptors (Lipinski definition) is 7. The van der Waals surface area contributed by atoms with Crippen molar-refractivity contribution in [1.29, 1.82) is 0 Å². The second-order valence-corrected chi connectivity index (χ2v) is 8.16. The first-order chi connectivity index (χ1) is 14.4. The van der Waals surface area contributed by atoms with Crippen molar-refractivity contribution in [3.63, 3.8) is 0 Å². The molecule has 0 atom stereocenters. The van der Waals surface area contributed by atoms with Gasteiger partial charge >= 0.3 is 0 Å². The fraction of sp³-hybridized carbons (Fsp3) is 0.545. The first kappa shape index (κ1) is 22.0. The average Bonchev–Trinajstić information content (AvgIpc) is 2.74. The molecule has 8 heteroatoms. The number of carbonyl (C=O) groups is 1. The molecular formula is C22H33N7O. The van der Waals surface area contributed by atoms with E-state index in [9.17, 15) is 4.79 Å². The molecule has 0 unspecified atom stereocenters. The van der Waals surface area contributed by atoms with Gasteiger partial charge in [-0.2, -0.15) is 15.0 Å². The molecule has 0 saturated carbocycles. The van der Waals surface area contributed by atoms with Gasteiger partial charge in [-0.05, 0) is 18.1 Å². The number of nitrogens with zero attached hydrogens (tertiary/aromatic N) is 6. The van der Waals surface area contributed by atoms with E-state index < -0.39 is 0 Å². The first-order valence-electron chi connectivity index (χ1n) is 10.7. The second kappa shape index (κ2) is 9.84. The van der Waals surface area contributed by atoms with Crippen LogP contribution >= 0.6 is 0 Å². The van der Waals surface area contributed by atoms with E-state index in [0.29, 0.717) is 12.5 Å². The highest BCUT2D eigenvalue weighted by atomic mass is 16.2. The lowest BCUT2D eigenvalue weighted by molar-refractivity contribution is -0.117. The molecule has 1 aliphatic heterocycles. The first-order valence-corrected chi connectivity index (χ1v) is 10.7. The minimum absolute atomic E-state index is 0.0292. The Labute approximate surface area is 179 Å². The van der Waals surface area contributed by atoms with Crippen molar-refractivity contribution in [2.24, 2.45) is 0 Å². The number of aryl methyl sites for hydroxylation is 1. The highest BCUT2D eigenvalue weighted by Gasteiger charge is 2.23. The van der Waals surface area contributed by atoms with Crippen molar-refractivity contribution < 1.29 is 4.79 Å². The average molecular weight is 412 g/mol. The number of nitrogens with one attached hydrogen (secondary N) is 1. The van der Waals surface area contributed by atoms with E-state index in [1.165, 1.54) is 0 Å². The van der Waals surface area contributed by atoms with Gasteiger partial charge in [-0.25, -0.2) is 0 Å². The summed E-state index contributed by atoms with van der Waals surface area (Å²) in [5.41, 5.74) is 2.06. The van der Waals surface area contributed by atoms with Crippen molar-refractivity contribution in [2.45, 2.75) is 33.1 Å². The minimum Gasteiger partial charge on any atom is -0.347 e. The number of anilines is 3. The smallest absolute Gasteiger partial charge is 0.238 e. The molecule has 0 spiro atoms. The molecule has 8 nitrogen and oxygen atoms in total. The quantitative estimate of drug-likeness (QED) is 0.749. The highest BCUT2D eigenvalue weighted by Crippen LogP contribution is 2.19. The SMILES string of the molecule is CCc1ccccc1NC(=O)CN1CCN(c2nc(C(C)C)nc(N(C)C)n2)CC1. The Kier molecular flexibility index (Phi) is 7.20. The van der Waals surface area contributed by atoms with Crippen LogP contribution in [-0.4, -0.2) is 72.6 Å². The Morgan fingerprint density at radius 3 is 2.43 bits per heavy atom. The van der Waals surface area contributed by atoms with Crippen LogP contribution in [0, 0.1) is 0 Å². The maximum Gasteiger partial charge on any atom is 0.238 e. The molecule has 2 heterocycles. The standard InChI is InChI=1S/C22H33N7O/c1-6-17-9-7-8-10-18(17)23-19(30)15-28-11-13-29(14-12-28)22-25-20(16(2)3)24-21(26-22)27(4)5/h7-10,16H,6,11-15H2,1-5H3,(H,23,30). The third-order valence-electron chi connectivity index (χ3n) is 5.24. The molecule has 2 aromatic rings. The maximum absolute atomic E-state index is 12.5. The van der Waals surface area contributed by atoms with Crippen LogP contribution in [0.3, 0.4) is 0 Å². The van der Waals surface area contributed by atoms with Gasteiger partial charge in [0.1, 0.15) is 5.82 Å². The lowest BCUT2D eigenvalue weighted by Crippen LogP contribution is -2.49. The lowest BCUT2D eigenvalue weighted by atomic mass is 10.1.